The highest BCUT2D eigenvalue weighted by atomic mass is 16.5. The van der Waals surface area contributed by atoms with Crippen molar-refractivity contribution in [1.29, 1.82) is 0 Å². The van der Waals surface area contributed by atoms with E-state index in [9.17, 15) is 9.59 Å². The first kappa shape index (κ1) is 16.7. The molecular formula is C17H19N5O3. The summed E-state index contributed by atoms with van der Waals surface area (Å²) in [6.07, 6.45) is 3.42. The Morgan fingerprint density at radius 1 is 1.04 bits per heavy atom. The van der Waals surface area contributed by atoms with E-state index in [1.54, 1.807) is 47.6 Å². The van der Waals surface area contributed by atoms with Gasteiger partial charge >= 0.3 is 12.0 Å². The molecule has 2 aromatic rings. The molecule has 0 aliphatic carbocycles. The third kappa shape index (κ3) is 4.03. The molecule has 2 heterocycles. The Labute approximate surface area is 145 Å². The number of piperazine rings is 1. The molecule has 1 aliphatic heterocycles. The third-order valence-electron chi connectivity index (χ3n) is 3.96. The number of carbonyl (C=O) groups excluding carboxylic acids is 2. The fourth-order valence-electron chi connectivity index (χ4n) is 2.57. The molecule has 25 heavy (non-hydrogen) atoms. The largest absolute Gasteiger partial charge is 0.465 e. The molecule has 0 radical (unpaired) electrons. The molecule has 130 valence electrons. The summed E-state index contributed by atoms with van der Waals surface area (Å²) in [5.74, 6) is 0.276. The number of urea groups is 1. The van der Waals surface area contributed by atoms with Gasteiger partial charge in [0.05, 0.1) is 12.7 Å². The first-order chi connectivity index (χ1) is 12.2. The standard InChI is InChI=1S/C17H19N5O3/c1-25-15(23)13-3-5-14(6-4-13)20-17(24)22-11-9-21(10-12-22)16-18-7-2-8-19-16/h2-8H,9-12H2,1H3,(H,20,24). The molecule has 1 saturated heterocycles. The zero-order chi connectivity index (χ0) is 17.6. The molecule has 1 fully saturated rings. The van der Waals surface area contributed by atoms with Crippen LogP contribution >= 0.6 is 0 Å². The van der Waals surface area contributed by atoms with Gasteiger partial charge in [0.1, 0.15) is 0 Å². The Balaban J connectivity index is 1.53. The van der Waals surface area contributed by atoms with E-state index >= 15 is 0 Å². The topological polar surface area (TPSA) is 87.7 Å². The highest BCUT2D eigenvalue weighted by Crippen LogP contribution is 2.13. The van der Waals surface area contributed by atoms with Gasteiger partial charge in [-0.3, -0.25) is 0 Å². The van der Waals surface area contributed by atoms with Gasteiger partial charge in [0.2, 0.25) is 5.95 Å². The monoisotopic (exact) mass is 341 g/mol. The summed E-state index contributed by atoms with van der Waals surface area (Å²) in [7, 11) is 1.33. The van der Waals surface area contributed by atoms with Gasteiger partial charge in [-0.1, -0.05) is 0 Å². The van der Waals surface area contributed by atoms with Gasteiger partial charge in [0.15, 0.2) is 0 Å². The van der Waals surface area contributed by atoms with Gasteiger partial charge in [-0.05, 0) is 30.3 Å². The second-order valence-corrected chi connectivity index (χ2v) is 5.52. The van der Waals surface area contributed by atoms with Crippen LogP contribution in [0.15, 0.2) is 42.7 Å². The van der Waals surface area contributed by atoms with E-state index in [1.165, 1.54) is 7.11 Å². The van der Waals surface area contributed by atoms with Crippen molar-refractivity contribution in [2.75, 3.05) is 43.5 Å². The van der Waals surface area contributed by atoms with Crippen molar-refractivity contribution in [2.24, 2.45) is 0 Å². The van der Waals surface area contributed by atoms with Crippen molar-refractivity contribution >= 4 is 23.6 Å². The minimum atomic E-state index is -0.405. The van der Waals surface area contributed by atoms with Crippen LogP contribution in [0, 0.1) is 0 Å². The van der Waals surface area contributed by atoms with Gasteiger partial charge in [-0.2, -0.15) is 0 Å². The molecule has 8 nitrogen and oxygen atoms in total. The summed E-state index contributed by atoms with van der Waals surface area (Å²) in [4.78, 5) is 36.0. The van der Waals surface area contributed by atoms with Gasteiger partial charge in [-0.15, -0.1) is 0 Å². The minimum Gasteiger partial charge on any atom is -0.465 e. The first-order valence-electron chi connectivity index (χ1n) is 7.93. The molecule has 1 aromatic carbocycles. The lowest BCUT2D eigenvalue weighted by Gasteiger charge is -2.34. The second-order valence-electron chi connectivity index (χ2n) is 5.52. The summed E-state index contributed by atoms with van der Waals surface area (Å²) in [5.41, 5.74) is 1.07. The Kier molecular flexibility index (Phi) is 5.08. The van der Waals surface area contributed by atoms with Crippen LogP contribution in [0.1, 0.15) is 10.4 Å². The summed E-state index contributed by atoms with van der Waals surface area (Å²) < 4.78 is 4.65. The number of nitrogens with zero attached hydrogens (tertiary/aromatic N) is 4. The fourth-order valence-corrected chi connectivity index (χ4v) is 2.57. The van der Waals surface area contributed by atoms with E-state index in [0.717, 1.165) is 0 Å². The lowest BCUT2D eigenvalue weighted by Crippen LogP contribution is -2.50. The number of aromatic nitrogens is 2. The summed E-state index contributed by atoms with van der Waals surface area (Å²) in [6, 6.07) is 8.20. The Morgan fingerprint density at radius 3 is 2.28 bits per heavy atom. The predicted octanol–water partition coefficient (Wildman–Crippen LogP) is 1.62. The molecule has 1 aromatic heterocycles. The number of hydrogen-bond acceptors (Lipinski definition) is 6. The van der Waals surface area contributed by atoms with Crippen LogP contribution in [-0.2, 0) is 4.74 Å². The van der Waals surface area contributed by atoms with Gasteiger partial charge in [0.25, 0.3) is 0 Å². The Bertz CT molecular complexity index is 728. The van der Waals surface area contributed by atoms with E-state index < -0.39 is 5.97 Å². The maximum Gasteiger partial charge on any atom is 0.337 e. The number of hydrogen-bond donors (Lipinski definition) is 1. The van der Waals surface area contributed by atoms with Gasteiger partial charge < -0.3 is 19.9 Å². The maximum absolute atomic E-state index is 12.4. The number of amides is 2. The zero-order valence-corrected chi connectivity index (χ0v) is 13.9. The van der Waals surface area contributed by atoms with Crippen molar-refractivity contribution < 1.29 is 14.3 Å². The molecular weight excluding hydrogens is 322 g/mol. The lowest BCUT2D eigenvalue weighted by molar-refractivity contribution is 0.0600. The van der Waals surface area contributed by atoms with Crippen LogP contribution in [-0.4, -0.2) is 60.2 Å². The fraction of sp³-hybridized carbons (Fsp3) is 0.294. The van der Waals surface area contributed by atoms with Crippen LogP contribution < -0.4 is 10.2 Å². The van der Waals surface area contributed by atoms with Crippen LogP contribution in [0.25, 0.3) is 0 Å². The van der Waals surface area contributed by atoms with E-state index in [-0.39, 0.29) is 6.03 Å². The summed E-state index contributed by atoms with van der Waals surface area (Å²) in [6.45, 7) is 2.53. The molecule has 3 rings (SSSR count). The van der Waals surface area contributed by atoms with Crippen LogP contribution in [0.4, 0.5) is 16.4 Å². The molecule has 0 spiro atoms. The number of methoxy groups -OCH3 is 1. The smallest absolute Gasteiger partial charge is 0.337 e. The van der Waals surface area contributed by atoms with E-state index in [0.29, 0.717) is 43.4 Å². The number of nitrogens with one attached hydrogen (secondary N) is 1. The lowest BCUT2D eigenvalue weighted by atomic mass is 10.2. The van der Waals surface area contributed by atoms with Gasteiger partial charge in [-0.25, -0.2) is 19.6 Å². The van der Waals surface area contributed by atoms with Crippen LogP contribution in [0.2, 0.25) is 0 Å². The Morgan fingerprint density at radius 2 is 1.68 bits per heavy atom. The van der Waals surface area contributed by atoms with E-state index in [1.807, 2.05) is 0 Å². The molecule has 2 amide bonds. The molecule has 8 heteroatoms. The second kappa shape index (κ2) is 7.61. The average Bonchev–Trinajstić information content (AvgIpc) is 2.68. The normalized spacial score (nSPS) is 14.1. The molecule has 0 bridgehead atoms. The number of esters is 1. The van der Waals surface area contributed by atoms with Crippen molar-refractivity contribution in [3.8, 4) is 0 Å². The minimum absolute atomic E-state index is 0.167. The molecule has 0 saturated carbocycles. The van der Waals surface area contributed by atoms with E-state index in [4.69, 9.17) is 0 Å². The SMILES string of the molecule is COC(=O)c1ccc(NC(=O)N2CCN(c3ncccn3)CC2)cc1. The van der Waals surface area contributed by atoms with Crippen molar-refractivity contribution in [3.63, 3.8) is 0 Å². The highest BCUT2D eigenvalue weighted by molar-refractivity contribution is 5.92. The summed E-state index contributed by atoms with van der Waals surface area (Å²) in [5, 5.41) is 2.84. The number of rotatable bonds is 3. The third-order valence-corrected chi connectivity index (χ3v) is 3.96. The number of anilines is 2. The molecule has 0 unspecified atom stereocenters. The summed E-state index contributed by atoms with van der Waals surface area (Å²) >= 11 is 0. The molecule has 1 N–H and O–H groups in total. The van der Waals surface area contributed by atoms with Crippen molar-refractivity contribution in [1.82, 2.24) is 14.9 Å². The zero-order valence-electron chi connectivity index (χ0n) is 13.9. The van der Waals surface area contributed by atoms with Crippen LogP contribution in [0.5, 0.6) is 0 Å². The van der Waals surface area contributed by atoms with Crippen LogP contribution in [0.3, 0.4) is 0 Å². The first-order valence-corrected chi connectivity index (χ1v) is 7.93. The van der Waals surface area contributed by atoms with Crippen molar-refractivity contribution in [2.45, 2.75) is 0 Å². The van der Waals surface area contributed by atoms with Gasteiger partial charge in [0, 0.05) is 44.3 Å². The maximum atomic E-state index is 12.4. The van der Waals surface area contributed by atoms with E-state index in [2.05, 4.69) is 24.9 Å². The number of benzene rings is 1. The quantitative estimate of drug-likeness (QED) is 0.854. The number of ether oxygens (including phenoxy) is 1. The Hall–Kier alpha value is -3.16. The number of carbonyl (C=O) groups is 2. The predicted molar refractivity (Wildman–Crippen MR) is 92.6 cm³/mol. The average molecular weight is 341 g/mol. The van der Waals surface area contributed by atoms with Crippen molar-refractivity contribution in [3.05, 3.63) is 48.3 Å². The molecule has 1 aliphatic rings. The highest BCUT2D eigenvalue weighted by Gasteiger charge is 2.22. The molecule has 0 atom stereocenters.